The van der Waals surface area contributed by atoms with Gasteiger partial charge >= 0.3 is 0 Å². The maximum Gasteiger partial charge on any atom is 0.247 e. The maximum absolute atomic E-state index is 13.8. The van der Waals surface area contributed by atoms with Crippen molar-refractivity contribution >= 4 is 23.2 Å². The molecule has 202 valence electrons. The van der Waals surface area contributed by atoms with Crippen molar-refractivity contribution in [3.8, 4) is 10.7 Å². The largest absolute Gasteiger partial charge is 0.350 e. The Kier molecular flexibility index (Phi) is 8.31. The zero-order chi connectivity index (χ0) is 27.9. The Morgan fingerprint density at radius 2 is 1.57 bits per heavy atom. The molecule has 1 N–H and O–H groups in total. The molecule has 0 spiro atoms. The quantitative estimate of drug-likeness (QED) is 0.267. The molecule has 3 aromatic carbocycles. The number of tetrazole rings is 1. The SMILES string of the molecule is O=C(NCc1ccccc1)[C@H](c1ccc(F)cc1)N(Cc1ccc(F)cc1)C(=O)Cn1nnc(-c2cccs2)n1. The number of halogens is 2. The van der Waals surface area contributed by atoms with Crippen LogP contribution >= 0.6 is 11.3 Å². The van der Waals surface area contributed by atoms with Gasteiger partial charge in [-0.2, -0.15) is 4.80 Å². The maximum atomic E-state index is 13.8. The molecule has 2 amide bonds. The second kappa shape index (κ2) is 12.4. The van der Waals surface area contributed by atoms with E-state index in [1.165, 1.54) is 57.4 Å². The van der Waals surface area contributed by atoms with Gasteiger partial charge in [0, 0.05) is 13.1 Å². The minimum absolute atomic E-state index is 0.0214. The molecule has 0 fully saturated rings. The van der Waals surface area contributed by atoms with Gasteiger partial charge < -0.3 is 10.2 Å². The van der Waals surface area contributed by atoms with Gasteiger partial charge in [0.1, 0.15) is 24.2 Å². The Bertz CT molecular complexity index is 1560. The molecule has 0 unspecified atom stereocenters. The van der Waals surface area contributed by atoms with Crippen LogP contribution in [-0.4, -0.2) is 36.9 Å². The lowest BCUT2D eigenvalue weighted by atomic mass is 10.0. The summed E-state index contributed by atoms with van der Waals surface area (Å²) in [5.74, 6) is -1.47. The average molecular weight is 559 g/mol. The van der Waals surface area contributed by atoms with Gasteiger partial charge in [-0.15, -0.1) is 21.5 Å². The molecule has 11 heteroatoms. The molecule has 2 aromatic heterocycles. The number of nitrogens with zero attached hydrogens (tertiary/aromatic N) is 5. The summed E-state index contributed by atoms with van der Waals surface area (Å²) in [5.41, 5.74) is 1.88. The third-order valence-electron chi connectivity index (χ3n) is 6.11. The predicted octanol–water partition coefficient (Wildman–Crippen LogP) is 4.77. The molecule has 5 aromatic rings. The van der Waals surface area contributed by atoms with Crippen LogP contribution in [0.1, 0.15) is 22.7 Å². The number of thiophene rings is 1. The highest BCUT2D eigenvalue weighted by Crippen LogP contribution is 2.26. The molecule has 5 rings (SSSR count). The Morgan fingerprint density at radius 1 is 0.875 bits per heavy atom. The molecule has 2 heterocycles. The number of nitrogens with one attached hydrogen (secondary N) is 1. The number of rotatable bonds is 10. The van der Waals surface area contributed by atoms with Crippen LogP contribution in [0, 0.1) is 11.6 Å². The molecule has 0 aliphatic rings. The van der Waals surface area contributed by atoms with Gasteiger partial charge in [-0.3, -0.25) is 9.59 Å². The number of carbonyl (C=O) groups is 2. The van der Waals surface area contributed by atoms with Crippen molar-refractivity contribution < 1.29 is 18.4 Å². The molecule has 0 aliphatic carbocycles. The van der Waals surface area contributed by atoms with E-state index in [-0.39, 0.29) is 19.6 Å². The van der Waals surface area contributed by atoms with Crippen molar-refractivity contribution in [1.29, 1.82) is 0 Å². The highest BCUT2D eigenvalue weighted by atomic mass is 32.1. The van der Waals surface area contributed by atoms with Gasteiger partial charge in [-0.1, -0.05) is 60.7 Å². The standard InChI is InChI=1S/C29H24F2N6O2S/c30-23-12-8-21(9-13-23)18-36(26(38)19-37-34-28(33-35-37)25-7-4-16-40-25)27(22-10-14-24(31)15-11-22)29(39)32-17-20-5-2-1-3-6-20/h1-16,27H,17-19H2,(H,32,39)/t27-/m0/s1. The molecule has 40 heavy (non-hydrogen) atoms. The van der Waals surface area contributed by atoms with E-state index in [4.69, 9.17) is 0 Å². The van der Waals surface area contributed by atoms with Crippen molar-refractivity contribution in [2.24, 2.45) is 0 Å². The minimum atomic E-state index is -1.12. The summed E-state index contributed by atoms with van der Waals surface area (Å²) in [4.78, 5) is 30.8. The van der Waals surface area contributed by atoms with Crippen LogP contribution in [0.25, 0.3) is 10.7 Å². The zero-order valence-electron chi connectivity index (χ0n) is 21.2. The second-order valence-corrected chi connectivity index (χ2v) is 9.87. The van der Waals surface area contributed by atoms with E-state index >= 15 is 0 Å². The Balaban J connectivity index is 1.47. The van der Waals surface area contributed by atoms with Crippen molar-refractivity contribution in [2.75, 3.05) is 0 Å². The highest BCUT2D eigenvalue weighted by Gasteiger charge is 2.32. The first-order valence-electron chi connectivity index (χ1n) is 12.4. The van der Waals surface area contributed by atoms with E-state index in [1.54, 1.807) is 12.1 Å². The molecule has 0 saturated heterocycles. The van der Waals surface area contributed by atoms with E-state index in [0.717, 1.165) is 10.4 Å². The molecular formula is C29H24F2N6O2S. The van der Waals surface area contributed by atoms with Crippen LogP contribution in [0.2, 0.25) is 0 Å². The van der Waals surface area contributed by atoms with Gasteiger partial charge in [-0.05, 0) is 57.6 Å². The minimum Gasteiger partial charge on any atom is -0.350 e. The number of hydrogen-bond donors (Lipinski definition) is 1. The van der Waals surface area contributed by atoms with Gasteiger partial charge in [0.05, 0.1) is 4.88 Å². The number of amides is 2. The van der Waals surface area contributed by atoms with Gasteiger partial charge in [0.15, 0.2) is 0 Å². The third kappa shape index (κ3) is 6.62. The molecule has 8 nitrogen and oxygen atoms in total. The summed E-state index contributed by atoms with van der Waals surface area (Å²) in [5, 5.41) is 17.1. The fraction of sp³-hybridized carbons (Fsp3) is 0.138. The van der Waals surface area contributed by atoms with Gasteiger partial charge in [0.25, 0.3) is 0 Å². The molecular weight excluding hydrogens is 534 g/mol. The van der Waals surface area contributed by atoms with Crippen molar-refractivity contribution in [1.82, 2.24) is 30.4 Å². The van der Waals surface area contributed by atoms with Crippen LogP contribution in [0.15, 0.2) is 96.4 Å². The van der Waals surface area contributed by atoms with Crippen LogP contribution in [0.5, 0.6) is 0 Å². The Labute approximate surface area is 232 Å². The van der Waals surface area contributed by atoms with Crippen molar-refractivity contribution in [2.45, 2.75) is 25.7 Å². The summed E-state index contributed by atoms with van der Waals surface area (Å²) in [6, 6.07) is 23.0. The van der Waals surface area contributed by atoms with Gasteiger partial charge in [-0.25, -0.2) is 8.78 Å². The van der Waals surface area contributed by atoms with E-state index in [2.05, 4.69) is 20.7 Å². The van der Waals surface area contributed by atoms with E-state index < -0.39 is 29.5 Å². The summed E-state index contributed by atoms with van der Waals surface area (Å²) in [6.45, 7) is -0.0969. The molecule has 0 saturated carbocycles. The number of benzene rings is 3. The molecule has 1 atom stereocenters. The summed E-state index contributed by atoms with van der Waals surface area (Å²) in [6.07, 6.45) is 0. The van der Waals surface area contributed by atoms with Crippen LogP contribution < -0.4 is 5.32 Å². The first-order valence-corrected chi connectivity index (χ1v) is 13.3. The topological polar surface area (TPSA) is 93.0 Å². The van der Waals surface area contributed by atoms with Crippen molar-refractivity contribution in [3.63, 3.8) is 0 Å². The summed E-state index contributed by atoms with van der Waals surface area (Å²) in [7, 11) is 0. The third-order valence-corrected chi connectivity index (χ3v) is 6.98. The second-order valence-electron chi connectivity index (χ2n) is 8.93. The molecule has 0 aliphatic heterocycles. The molecule has 0 bridgehead atoms. The lowest BCUT2D eigenvalue weighted by Gasteiger charge is -2.31. The summed E-state index contributed by atoms with van der Waals surface area (Å²) < 4.78 is 27.5. The Hall–Kier alpha value is -4.77. The van der Waals surface area contributed by atoms with Crippen LogP contribution in [-0.2, 0) is 29.2 Å². The number of hydrogen-bond acceptors (Lipinski definition) is 6. The van der Waals surface area contributed by atoms with Crippen LogP contribution in [0.4, 0.5) is 8.78 Å². The van der Waals surface area contributed by atoms with Crippen molar-refractivity contribution in [3.05, 3.63) is 125 Å². The normalized spacial score (nSPS) is 11.7. The number of carbonyl (C=O) groups excluding carboxylic acids is 2. The lowest BCUT2D eigenvalue weighted by molar-refractivity contribution is -0.142. The fourth-order valence-electron chi connectivity index (χ4n) is 4.14. The number of aromatic nitrogens is 4. The Morgan fingerprint density at radius 3 is 2.25 bits per heavy atom. The average Bonchev–Trinajstić information content (AvgIpc) is 3.67. The highest BCUT2D eigenvalue weighted by molar-refractivity contribution is 7.13. The monoisotopic (exact) mass is 558 g/mol. The van der Waals surface area contributed by atoms with E-state index in [0.29, 0.717) is 17.0 Å². The first-order chi connectivity index (χ1) is 19.5. The first kappa shape index (κ1) is 26.8. The lowest BCUT2D eigenvalue weighted by Crippen LogP contribution is -2.44. The fourth-order valence-corrected chi connectivity index (χ4v) is 4.78. The van der Waals surface area contributed by atoms with Crippen LogP contribution in [0.3, 0.4) is 0 Å². The summed E-state index contributed by atoms with van der Waals surface area (Å²) >= 11 is 1.44. The zero-order valence-corrected chi connectivity index (χ0v) is 22.0. The van der Waals surface area contributed by atoms with E-state index in [1.807, 2.05) is 47.8 Å². The predicted molar refractivity (Wildman–Crippen MR) is 146 cm³/mol. The smallest absolute Gasteiger partial charge is 0.247 e. The molecule has 0 radical (unpaired) electrons. The van der Waals surface area contributed by atoms with E-state index in [9.17, 15) is 18.4 Å². The van der Waals surface area contributed by atoms with Gasteiger partial charge in [0.2, 0.25) is 17.6 Å².